The van der Waals surface area contributed by atoms with Crippen molar-refractivity contribution in [3.8, 4) is 0 Å². The summed E-state index contributed by atoms with van der Waals surface area (Å²) in [6, 6.07) is 11.4. The molecule has 1 amide bonds. The van der Waals surface area contributed by atoms with Gasteiger partial charge >= 0.3 is 0 Å². The van der Waals surface area contributed by atoms with Crippen LogP contribution in [0.1, 0.15) is 28.8 Å². The van der Waals surface area contributed by atoms with Crippen LogP contribution in [0.5, 0.6) is 0 Å². The van der Waals surface area contributed by atoms with Gasteiger partial charge in [0.1, 0.15) is 5.82 Å². The smallest absolute Gasteiger partial charge is 0.257 e. The molecule has 0 radical (unpaired) electrons. The number of pyridine rings is 1. The van der Waals surface area contributed by atoms with E-state index in [0.29, 0.717) is 11.5 Å². The number of benzene rings is 1. The van der Waals surface area contributed by atoms with Crippen LogP contribution >= 0.6 is 0 Å². The summed E-state index contributed by atoms with van der Waals surface area (Å²) in [4.78, 5) is 19.0. The molecule has 1 atom stereocenters. The number of rotatable bonds is 5. The summed E-state index contributed by atoms with van der Waals surface area (Å²) in [6.45, 7) is 5.27. The third-order valence-corrected chi connectivity index (χ3v) is 4.63. The molecule has 1 unspecified atom stereocenters. The van der Waals surface area contributed by atoms with Gasteiger partial charge < -0.3 is 15.5 Å². The lowest BCUT2D eigenvalue weighted by Crippen LogP contribution is -2.35. The molecule has 3 rings (SSSR count). The van der Waals surface area contributed by atoms with Crippen LogP contribution < -0.4 is 10.6 Å². The molecule has 1 saturated heterocycles. The number of carbonyl (C=O) groups excluding carboxylic acids is 1. The van der Waals surface area contributed by atoms with Crippen molar-refractivity contribution in [1.29, 1.82) is 0 Å². The Balaban J connectivity index is 1.52. The molecule has 5 heteroatoms. The monoisotopic (exact) mass is 338 g/mol. The predicted molar refractivity (Wildman–Crippen MR) is 102 cm³/mol. The van der Waals surface area contributed by atoms with Crippen molar-refractivity contribution in [3.63, 3.8) is 0 Å². The molecule has 0 saturated carbocycles. The van der Waals surface area contributed by atoms with Crippen molar-refractivity contribution in [3.05, 3.63) is 53.7 Å². The SMILES string of the molecule is Cc1ccc(NC(=O)c2ccc(NCC3CCCN(C)C3)nc2)cc1. The van der Waals surface area contributed by atoms with E-state index in [-0.39, 0.29) is 5.91 Å². The Morgan fingerprint density at radius 3 is 2.72 bits per heavy atom. The first-order chi connectivity index (χ1) is 12.1. The Labute approximate surface area is 149 Å². The van der Waals surface area contributed by atoms with Gasteiger partial charge in [-0.05, 0) is 63.5 Å². The minimum Gasteiger partial charge on any atom is -0.370 e. The molecule has 2 heterocycles. The Morgan fingerprint density at radius 2 is 2.04 bits per heavy atom. The Bertz CT molecular complexity index is 697. The van der Waals surface area contributed by atoms with Crippen LogP contribution in [0, 0.1) is 12.8 Å². The lowest BCUT2D eigenvalue weighted by atomic mass is 9.98. The van der Waals surface area contributed by atoms with Gasteiger partial charge in [-0.15, -0.1) is 0 Å². The molecule has 0 spiro atoms. The van der Waals surface area contributed by atoms with Crippen LogP contribution in [0.25, 0.3) is 0 Å². The van der Waals surface area contributed by atoms with Crippen LogP contribution in [-0.2, 0) is 0 Å². The maximum absolute atomic E-state index is 12.3. The van der Waals surface area contributed by atoms with E-state index in [4.69, 9.17) is 0 Å². The molecular weight excluding hydrogens is 312 g/mol. The molecule has 2 aromatic rings. The number of likely N-dealkylation sites (tertiary alicyclic amines) is 1. The fourth-order valence-corrected chi connectivity index (χ4v) is 3.16. The van der Waals surface area contributed by atoms with Crippen LogP contribution in [0.3, 0.4) is 0 Å². The van der Waals surface area contributed by atoms with Crippen molar-refractivity contribution >= 4 is 17.4 Å². The molecule has 25 heavy (non-hydrogen) atoms. The van der Waals surface area contributed by atoms with E-state index >= 15 is 0 Å². The second-order valence-electron chi connectivity index (χ2n) is 6.90. The summed E-state index contributed by atoms with van der Waals surface area (Å²) in [6.07, 6.45) is 4.14. The van der Waals surface area contributed by atoms with Gasteiger partial charge in [-0.1, -0.05) is 17.7 Å². The number of hydrogen-bond donors (Lipinski definition) is 2. The summed E-state index contributed by atoms with van der Waals surface area (Å²) >= 11 is 0. The van der Waals surface area contributed by atoms with Gasteiger partial charge in [-0.25, -0.2) is 4.98 Å². The summed E-state index contributed by atoms with van der Waals surface area (Å²) in [5.41, 5.74) is 2.52. The van der Waals surface area contributed by atoms with Crippen LogP contribution in [0.2, 0.25) is 0 Å². The lowest BCUT2D eigenvalue weighted by molar-refractivity contribution is 0.102. The minimum atomic E-state index is -0.142. The van der Waals surface area contributed by atoms with Crippen molar-refractivity contribution < 1.29 is 4.79 Å². The Hall–Kier alpha value is -2.40. The minimum absolute atomic E-state index is 0.142. The number of carbonyl (C=O) groups is 1. The topological polar surface area (TPSA) is 57.3 Å². The highest BCUT2D eigenvalue weighted by Crippen LogP contribution is 2.16. The fourth-order valence-electron chi connectivity index (χ4n) is 3.16. The second-order valence-corrected chi connectivity index (χ2v) is 6.90. The Kier molecular flexibility index (Phi) is 5.66. The van der Waals surface area contributed by atoms with Crippen LogP contribution in [0.15, 0.2) is 42.6 Å². The molecule has 1 aliphatic rings. The number of aromatic nitrogens is 1. The van der Waals surface area contributed by atoms with Crippen molar-refractivity contribution in [2.45, 2.75) is 19.8 Å². The maximum atomic E-state index is 12.3. The molecule has 5 nitrogen and oxygen atoms in total. The predicted octanol–water partition coefficient (Wildman–Crippen LogP) is 3.40. The van der Waals surface area contributed by atoms with Gasteiger partial charge in [-0.3, -0.25) is 4.79 Å². The number of nitrogens with one attached hydrogen (secondary N) is 2. The standard InChI is InChI=1S/C20H26N4O/c1-15-5-8-18(9-6-15)23-20(25)17-7-10-19(22-13-17)21-12-16-4-3-11-24(2)14-16/h5-10,13,16H,3-4,11-12,14H2,1-2H3,(H,21,22)(H,23,25). The van der Waals surface area contributed by atoms with Gasteiger partial charge in [-0.2, -0.15) is 0 Å². The van der Waals surface area contributed by atoms with Gasteiger partial charge in [0.25, 0.3) is 5.91 Å². The van der Waals surface area contributed by atoms with E-state index in [2.05, 4.69) is 27.6 Å². The van der Waals surface area contributed by atoms with Gasteiger partial charge in [0.15, 0.2) is 0 Å². The van der Waals surface area contributed by atoms with E-state index in [0.717, 1.165) is 24.6 Å². The van der Waals surface area contributed by atoms with Gasteiger partial charge in [0.2, 0.25) is 0 Å². The van der Waals surface area contributed by atoms with E-state index < -0.39 is 0 Å². The van der Waals surface area contributed by atoms with Crippen molar-refractivity contribution in [2.24, 2.45) is 5.92 Å². The van der Waals surface area contributed by atoms with Gasteiger partial charge in [0.05, 0.1) is 5.56 Å². The molecule has 132 valence electrons. The molecular formula is C20H26N4O. The summed E-state index contributed by atoms with van der Waals surface area (Å²) in [5, 5.41) is 6.28. The molecule has 1 aromatic carbocycles. The van der Waals surface area contributed by atoms with Crippen LogP contribution in [0.4, 0.5) is 11.5 Å². The maximum Gasteiger partial charge on any atom is 0.257 e. The fraction of sp³-hybridized carbons (Fsp3) is 0.400. The van der Waals surface area contributed by atoms with Crippen molar-refractivity contribution in [2.75, 3.05) is 37.3 Å². The zero-order chi connectivity index (χ0) is 17.6. The number of anilines is 2. The zero-order valence-corrected chi connectivity index (χ0v) is 15.0. The number of nitrogens with zero attached hydrogens (tertiary/aromatic N) is 2. The highest BCUT2D eigenvalue weighted by molar-refractivity contribution is 6.04. The van der Waals surface area contributed by atoms with E-state index in [1.54, 1.807) is 6.20 Å². The van der Waals surface area contributed by atoms with E-state index in [1.165, 1.54) is 24.9 Å². The van der Waals surface area contributed by atoms with Crippen molar-refractivity contribution in [1.82, 2.24) is 9.88 Å². The first-order valence-electron chi connectivity index (χ1n) is 8.86. The third-order valence-electron chi connectivity index (χ3n) is 4.63. The van der Waals surface area contributed by atoms with E-state index in [9.17, 15) is 4.79 Å². The highest BCUT2D eigenvalue weighted by atomic mass is 16.1. The molecule has 1 aromatic heterocycles. The first kappa shape index (κ1) is 17.4. The number of piperidine rings is 1. The average molecular weight is 338 g/mol. The molecule has 0 aliphatic carbocycles. The highest BCUT2D eigenvalue weighted by Gasteiger charge is 2.16. The van der Waals surface area contributed by atoms with Gasteiger partial charge in [0, 0.05) is 25.0 Å². The van der Waals surface area contributed by atoms with E-state index in [1.807, 2.05) is 43.3 Å². The molecule has 2 N–H and O–H groups in total. The van der Waals surface area contributed by atoms with Crippen LogP contribution in [-0.4, -0.2) is 42.5 Å². The summed E-state index contributed by atoms with van der Waals surface area (Å²) < 4.78 is 0. The average Bonchev–Trinajstić information content (AvgIpc) is 2.62. The number of amides is 1. The lowest BCUT2D eigenvalue weighted by Gasteiger charge is -2.29. The first-order valence-corrected chi connectivity index (χ1v) is 8.86. The zero-order valence-electron chi connectivity index (χ0n) is 15.0. The normalized spacial score (nSPS) is 17.9. The summed E-state index contributed by atoms with van der Waals surface area (Å²) in [7, 11) is 2.17. The second kappa shape index (κ2) is 8.12. The Morgan fingerprint density at radius 1 is 1.24 bits per heavy atom. The largest absolute Gasteiger partial charge is 0.370 e. The molecule has 0 bridgehead atoms. The number of aryl methyl sites for hydroxylation is 1. The number of hydrogen-bond acceptors (Lipinski definition) is 4. The quantitative estimate of drug-likeness (QED) is 0.877. The summed E-state index contributed by atoms with van der Waals surface area (Å²) in [5.74, 6) is 1.34. The molecule has 1 fully saturated rings. The third kappa shape index (κ3) is 5.03. The molecule has 1 aliphatic heterocycles.